The van der Waals surface area contributed by atoms with E-state index >= 15 is 0 Å². The molecule has 2 aliphatic rings. The predicted molar refractivity (Wildman–Crippen MR) is 82.0 cm³/mol. The summed E-state index contributed by atoms with van der Waals surface area (Å²) in [5, 5.41) is 22.4. The highest BCUT2D eigenvalue weighted by Crippen LogP contribution is 2.58. The molecule has 1 aliphatic carbocycles. The van der Waals surface area contributed by atoms with Crippen molar-refractivity contribution in [1.82, 2.24) is 0 Å². The molecule has 0 unspecified atom stereocenters. The SMILES string of the molecule is N[C@@]12C(=O)c3cccc([N+](=O)[O-])c3[C@]1(O)Oc1cc(Br)ccc12. The number of fused-ring (bicyclic) bond motifs is 5. The van der Waals surface area contributed by atoms with Crippen LogP contribution in [0.2, 0.25) is 0 Å². The average molecular weight is 377 g/mol. The van der Waals surface area contributed by atoms with Gasteiger partial charge in [-0.1, -0.05) is 34.1 Å². The van der Waals surface area contributed by atoms with Crippen LogP contribution in [0.3, 0.4) is 0 Å². The van der Waals surface area contributed by atoms with Gasteiger partial charge < -0.3 is 15.6 Å². The lowest BCUT2D eigenvalue weighted by Crippen LogP contribution is -2.55. The quantitative estimate of drug-likeness (QED) is 0.580. The Hall–Kier alpha value is -2.29. The summed E-state index contributed by atoms with van der Waals surface area (Å²) in [6.07, 6.45) is 0. The van der Waals surface area contributed by atoms with Crippen molar-refractivity contribution in [3.63, 3.8) is 0 Å². The fourth-order valence-electron chi connectivity index (χ4n) is 3.30. The van der Waals surface area contributed by atoms with Crippen LogP contribution in [0.15, 0.2) is 40.9 Å². The Morgan fingerprint density at radius 1 is 1.30 bits per heavy atom. The molecule has 0 radical (unpaired) electrons. The first-order valence-electron chi connectivity index (χ1n) is 6.63. The molecule has 7 nitrogen and oxygen atoms in total. The average Bonchev–Trinajstić information content (AvgIpc) is 2.83. The maximum Gasteiger partial charge on any atom is 0.280 e. The number of ether oxygens (including phenoxy) is 1. The molecule has 0 saturated carbocycles. The maximum absolute atomic E-state index is 12.8. The molecule has 0 bridgehead atoms. The van der Waals surface area contributed by atoms with Crippen LogP contribution in [0, 0.1) is 10.1 Å². The monoisotopic (exact) mass is 376 g/mol. The van der Waals surface area contributed by atoms with Gasteiger partial charge in [-0.2, -0.15) is 0 Å². The molecule has 0 saturated heterocycles. The molecule has 0 amide bonds. The van der Waals surface area contributed by atoms with Crippen molar-refractivity contribution in [3.05, 3.63) is 67.7 Å². The third-order valence-electron chi connectivity index (χ3n) is 4.34. The van der Waals surface area contributed by atoms with E-state index in [1.54, 1.807) is 18.2 Å². The van der Waals surface area contributed by atoms with Crippen molar-refractivity contribution in [3.8, 4) is 5.75 Å². The topological polar surface area (TPSA) is 116 Å². The number of benzene rings is 2. The van der Waals surface area contributed by atoms with Crippen LogP contribution in [0.4, 0.5) is 5.69 Å². The van der Waals surface area contributed by atoms with Gasteiger partial charge in [0.15, 0.2) is 11.3 Å². The van der Waals surface area contributed by atoms with Crippen LogP contribution in [0.25, 0.3) is 0 Å². The Morgan fingerprint density at radius 3 is 2.74 bits per heavy atom. The second-order valence-corrected chi connectivity index (χ2v) is 6.40. The second-order valence-electron chi connectivity index (χ2n) is 5.48. The van der Waals surface area contributed by atoms with Crippen LogP contribution < -0.4 is 10.5 Å². The molecule has 1 aliphatic heterocycles. The van der Waals surface area contributed by atoms with Crippen LogP contribution in [0.5, 0.6) is 5.75 Å². The number of carbonyl (C=O) groups excluding carboxylic acids is 1. The van der Waals surface area contributed by atoms with Crippen LogP contribution in [0.1, 0.15) is 21.5 Å². The highest BCUT2D eigenvalue weighted by molar-refractivity contribution is 9.10. The summed E-state index contributed by atoms with van der Waals surface area (Å²) in [6.45, 7) is 0. The van der Waals surface area contributed by atoms with Gasteiger partial charge in [-0.25, -0.2) is 0 Å². The minimum Gasteiger partial charge on any atom is -0.455 e. The molecular formula is C15H9BrN2O5. The van der Waals surface area contributed by atoms with E-state index in [0.29, 0.717) is 10.0 Å². The summed E-state index contributed by atoms with van der Waals surface area (Å²) < 4.78 is 6.23. The summed E-state index contributed by atoms with van der Waals surface area (Å²) in [7, 11) is 0. The molecule has 8 heteroatoms. The van der Waals surface area contributed by atoms with Gasteiger partial charge in [-0.3, -0.25) is 14.9 Å². The molecule has 2 atom stereocenters. The number of nitro benzene ring substituents is 1. The number of nitro groups is 1. The number of nitrogens with zero attached hydrogens (tertiary/aromatic N) is 1. The number of carbonyl (C=O) groups is 1. The summed E-state index contributed by atoms with van der Waals surface area (Å²) in [5.74, 6) is -2.71. The molecule has 4 rings (SSSR count). The van der Waals surface area contributed by atoms with Gasteiger partial charge in [-0.15, -0.1) is 0 Å². The van der Waals surface area contributed by atoms with E-state index in [-0.39, 0.29) is 16.9 Å². The molecule has 0 fully saturated rings. The van der Waals surface area contributed by atoms with Gasteiger partial charge in [0.05, 0.1) is 4.92 Å². The fraction of sp³-hybridized carbons (Fsp3) is 0.133. The molecule has 1 heterocycles. The van der Waals surface area contributed by atoms with Crippen molar-refractivity contribution in [2.45, 2.75) is 11.3 Å². The third-order valence-corrected chi connectivity index (χ3v) is 4.83. The minimum atomic E-state index is -2.31. The normalized spacial score (nSPS) is 27.2. The van der Waals surface area contributed by atoms with Crippen LogP contribution in [-0.2, 0) is 11.3 Å². The summed E-state index contributed by atoms with van der Waals surface area (Å²) in [5.41, 5.74) is 4.02. The fourth-order valence-corrected chi connectivity index (χ4v) is 3.64. The zero-order valence-corrected chi connectivity index (χ0v) is 13.0. The Morgan fingerprint density at radius 2 is 2.04 bits per heavy atom. The first kappa shape index (κ1) is 14.3. The Balaban J connectivity index is 2.07. The third kappa shape index (κ3) is 1.48. The summed E-state index contributed by atoms with van der Waals surface area (Å²) in [6, 6.07) is 8.77. The van der Waals surface area contributed by atoms with E-state index < -0.39 is 27.7 Å². The Bertz CT molecular complexity index is 915. The number of nitrogens with two attached hydrogens (primary N) is 1. The minimum absolute atomic E-state index is 0.00207. The lowest BCUT2D eigenvalue weighted by Gasteiger charge is -2.29. The van der Waals surface area contributed by atoms with E-state index in [4.69, 9.17) is 10.5 Å². The first-order chi connectivity index (χ1) is 10.8. The summed E-state index contributed by atoms with van der Waals surface area (Å²) >= 11 is 3.27. The van der Waals surface area contributed by atoms with E-state index in [0.717, 1.165) is 0 Å². The van der Waals surface area contributed by atoms with E-state index in [1.165, 1.54) is 18.2 Å². The Kier molecular flexibility index (Phi) is 2.59. The number of ketones is 1. The van der Waals surface area contributed by atoms with Gasteiger partial charge in [0.2, 0.25) is 0 Å². The van der Waals surface area contributed by atoms with E-state index in [9.17, 15) is 20.0 Å². The van der Waals surface area contributed by atoms with Crippen molar-refractivity contribution in [2.24, 2.45) is 5.73 Å². The number of hydrogen-bond donors (Lipinski definition) is 2. The van der Waals surface area contributed by atoms with Crippen LogP contribution >= 0.6 is 15.9 Å². The molecule has 2 aromatic rings. The first-order valence-corrected chi connectivity index (χ1v) is 7.43. The molecule has 116 valence electrons. The van der Waals surface area contributed by atoms with Crippen molar-refractivity contribution in [1.29, 1.82) is 0 Å². The predicted octanol–water partition coefficient (Wildman–Crippen LogP) is 1.95. The molecule has 23 heavy (non-hydrogen) atoms. The Labute approximate surface area is 138 Å². The molecule has 3 N–H and O–H groups in total. The number of Topliss-reactive ketones (excluding diaryl/α,β-unsaturated/α-hetero) is 1. The number of aliphatic hydroxyl groups is 1. The van der Waals surface area contributed by atoms with Gasteiger partial charge in [-0.05, 0) is 12.1 Å². The van der Waals surface area contributed by atoms with Gasteiger partial charge in [0.25, 0.3) is 11.5 Å². The standard InChI is InChI=1S/C15H9BrN2O5/c16-7-4-5-9-11(6-7)23-15(20)12-8(13(19)14(9,15)17)2-1-3-10(12)18(21)22/h1-6,20H,17H2/t14-,15-/m0/s1. The maximum atomic E-state index is 12.8. The number of hydrogen-bond acceptors (Lipinski definition) is 6. The number of halogens is 1. The highest BCUT2D eigenvalue weighted by atomic mass is 79.9. The van der Waals surface area contributed by atoms with Gasteiger partial charge in [0, 0.05) is 21.7 Å². The molecule has 0 spiro atoms. The summed E-state index contributed by atoms with van der Waals surface area (Å²) in [4.78, 5) is 23.5. The van der Waals surface area contributed by atoms with Crippen molar-refractivity contribution < 1.29 is 19.6 Å². The van der Waals surface area contributed by atoms with Crippen molar-refractivity contribution in [2.75, 3.05) is 0 Å². The van der Waals surface area contributed by atoms with Gasteiger partial charge >= 0.3 is 0 Å². The molecule has 0 aromatic heterocycles. The zero-order valence-electron chi connectivity index (χ0n) is 11.4. The number of rotatable bonds is 1. The lowest BCUT2D eigenvalue weighted by atomic mass is 9.84. The van der Waals surface area contributed by atoms with E-state index in [2.05, 4.69) is 15.9 Å². The zero-order chi connectivity index (χ0) is 16.6. The van der Waals surface area contributed by atoms with Crippen LogP contribution in [-0.4, -0.2) is 15.8 Å². The van der Waals surface area contributed by atoms with Crippen molar-refractivity contribution >= 4 is 27.4 Å². The highest BCUT2D eigenvalue weighted by Gasteiger charge is 2.71. The molecular weight excluding hydrogens is 368 g/mol. The van der Waals surface area contributed by atoms with E-state index in [1.807, 2.05) is 0 Å². The van der Waals surface area contributed by atoms with Gasteiger partial charge in [0.1, 0.15) is 11.3 Å². The second kappa shape index (κ2) is 4.16. The lowest BCUT2D eigenvalue weighted by molar-refractivity contribution is -0.388. The molecule has 2 aromatic carbocycles. The smallest absolute Gasteiger partial charge is 0.280 e. The largest absolute Gasteiger partial charge is 0.455 e.